The van der Waals surface area contributed by atoms with Crippen molar-refractivity contribution < 1.29 is 9.90 Å². The van der Waals surface area contributed by atoms with Crippen LogP contribution in [0.3, 0.4) is 0 Å². The van der Waals surface area contributed by atoms with E-state index in [-0.39, 0.29) is 17.8 Å². The van der Waals surface area contributed by atoms with Crippen molar-refractivity contribution in [1.29, 1.82) is 0 Å². The van der Waals surface area contributed by atoms with Gasteiger partial charge in [0.25, 0.3) is 0 Å². The molecule has 0 radical (unpaired) electrons. The van der Waals surface area contributed by atoms with Gasteiger partial charge in [-0.05, 0) is 17.0 Å². The van der Waals surface area contributed by atoms with Gasteiger partial charge in [-0.2, -0.15) is 0 Å². The zero-order valence-electron chi connectivity index (χ0n) is 11.4. The Morgan fingerprint density at radius 1 is 0.850 bits per heavy atom. The number of rotatable bonds is 3. The largest absolute Gasteiger partial charge is 0.481 e. The minimum Gasteiger partial charge on any atom is -0.481 e. The van der Waals surface area contributed by atoms with E-state index in [2.05, 4.69) is 6.92 Å². The Morgan fingerprint density at radius 3 is 1.60 bits per heavy atom. The maximum Gasteiger partial charge on any atom is 0.307 e. The van der Waals surface area contributed by atoms with E-state index >= 15 is 0 Å². The molecule has 1 aliphatic carbocycles. The first-order valence-corrected chi connectivity index (χ1v) is 7.03. The molecule has 2 nitrogen and oxygen atoms in total. The molecule has 0 heterocycles. The zero-order valence-corrected chi connectivity index (χ0v) is 11.4. The van der Waals surface area contributed by atoms with E-state index < -0.39 is 5.97 Å². The van der Waals surface area contributed by atoms with Crippen LogP contribution in [-0.2, 0) is 4.79 Å². The van der Waals surface area contributed by atoms with E-state index in [0.29, 0.717) is 5.92 Å². The van der Waals surface area contributed by atoms with Crippen LogP contribution < -0.4 is 0 Å². The average Bonchev–Trinajstić information content (AvgIpc) is 2.46. The first kappa shape index (κ1) is 12.9. The van der Waals surface area contributed by atoms with Gasteiger partial charge in [0.2, 0.25) is 0 Å². The molecule has 2 atom stereocenters. The molecular formula is C18H18O2. The number of benzene rings is 2. The first-order chi connectivity index (χ1) is 9.70. The molecule has 2 aromatic rings. The fourth-order valence-electron chi connectivity index (χ4n) is 3.63. The fraction of sp³-hybridized carbons (Fsp3) is 0.278. The highest BCUT2D eigenvalue weighted by molar-refractivity contribution is 5.75. The summed E-state index contributed by atoms with van der Waals surface area (Å²) in [4.78, 5) is 11.7. The van der Waals surface area contributed by atoms with Gasteiger partial charge in [0.1, 0.15) is 0 Å². The van der Waals surface area contributed by atoms with Crippen molar-refractivity contribution in [2.24, 2.45) is 11.8 Å². The molecule has 0 bridgehead atoms. The Kier molecular flexibility index (Phi) is 3.31. The van der Waals surface area contributed by atoms with E-state index in [9.17, 15) is 9.90 Å². The maximum atomic E-state index is 11.7. The van der Waals surface area contributed by atoms with Crippen LogP contribution in [0.15, 0.2) is 60.7 Å². The van der Waals surface area contributed by atoms with Crippen molar-refractivity contribution >= 4 is 5.97 Å². The van der Waals surface area contributed by atoms with Crippen molar-refractivity contribution in [1.82, 2.24) is 0 Å². The lowest BCUT2D eigenvalue weighted by molar-refractivity contribution is -0.149. The summed E-state index contributed by atoms with van der Waals surface area (Å²) in [5.74, 6) is -0.445. The summed E-state index contributed by atoms with van der Waals surface area (Å²) < 4.78 is 0. The molecule has 1 saturated carbocycles. The van der Waals surface area contributed by atoms with Crippen molar-refractivity contribution in [3.8, 4) is 0 Å². The van der Waals surface area contributed by atoms with Crippen LogP contribution in [0, 0.1) is 11.8 Å². The van der Waals surface area contributed by atoms with E-state index in [1.54, 1.807) is 0 Å². The minimum absolute atomic E-state index is 0.110. The number of carbonyl (C=O) groups is 1. The average molecular weight is 266 g/mol. The zero-order chi connectivity index (χ0) is 14.1. The Labute approximate surface area is 119 Å². The summed E-state index contributed by atoms with van der Waals surface area (Å²) in [5.41, 5.74) is 2.28. The molecule has 1 fully saturated rings. The van der Waals surface area contributed by atoms with Gasteiger partial charge >= 0.3 is 5.97 Å². The summed E-state index contributed by atoms with van der Waals surface area (Å²) in [6.07, 6.45) is 0. The molecule has 1 N–H and O–H groups in total. The molecule has 0 unspecified atom stereocenters. The Balaban J connectivity index is 1.94. The second-order valence-corrected chi connectivity index (χ2v) is 5.60. The molecule has 0 amide bonds. The predicted molar refractivity (Wildman–Crippen MR) is 78.7 cm³/mol. The lowest BCUT2D eigenvalue weighted by Crippen LogP contribution is -2.46. The Bertz CT molecular complexity index is 544. The summed E-state index contributed by atoms with van der Waals surface area (Å²) in [7, 11) is 0. The van der Waals surface area contributed by atoms with Crippen LogP contribution in [0.25, 0.3) is 0 Å². The van der Waals surface area contributed by atoms with Crippen LogP contribution >= 0.6 is 0 Å². The fourth-order valence-corrected chi connectivity index (χ4v) is 3.63. The highest BCUT2D eigenvalue weighted by Crippen LogP contribution is 2.57. The number of carboxylic acids is 1. The second-order valence-electron chi connectivity index (χ2n) is 5.60. The van der Waals surface area contributed by atoms with Crippen LogP contribution in [0.5, 0.6) is 0 Å². The maximum absolute atomic E-state index is 11.7. The third-order valence-corrected chi connectivity index (χ3v) is 4.56. The summed E-state index contributed by atoms with van der Waals surface area (Å²) in [5, 5.41) is 9.61. The van der Waals surface area contributed by atoms with E-state index in [1.165, 1.54) is 0 Å². The summed E-state index contributed by atoms with van der Waals surface area (Å²) in [6.45, 7) is 2.16. The van der Waals surface area contributed by atoms with Gasteiger partial charge < -0.3 is 5.11 Å². The van der Waals surface area contributed by atoms with Gasteiger partial charge in [0.05, 0.1) is 5.92 Å². The van der Waals surface area contributed by atoms with Gasteiger partial charge in [-0.15, -0.1) is 0 Å². The molecule has 0 aliphatic heterocycles. The highest BCUT2D eigenvalue weighted by atomic mass is 16.4. The molecule has 0 aromatic heterocycles. The molecule has 0 spiro atoms. The lowest BCUT2D eigenvalue weighted by Gasteiger charge is -2.49. The van der Waals surface area contributed by atoms with Crippen LogP contribution in [-0.4, -0.2) is 11.1 Å². The molecule has 0 saturated heterocycles. The van der Waals surface area contributed by atoms with Gasteiger partial charge in [0.15, 0.2) is 0 Å². The van der Waals surface area contributed by atoms with E-state index in [0.717, 1.165) is 11.1 Å². The molecule has 1 aliphatic rings. The normalized spacial score (nSPS) is 28.6. The van der Waals surface area contributed by atoms with Crippen molar-refractivity contribution in [2.75, 3.05) is 0 Å². The van der Waals surface area contributed by atoms with Gasteiger partial charge in [0, 0.05) is 11.8 Å². The first-order valence-electron chi connectivity index (χ1n) is 7.03. The summed E-state index contributed by atoms with van der Waals surface area (Å²) >= 11 is 0. The second kappa shape index (κ2) is 5.12. The van der Waals surface area contributed by atoms with Crippen LogP contribution in [0.4, 0.5) is 0 Å². The van der Waals surface area contributed by atoms with Crippen LogP contribution in [0.1, 0.15) is 29.9 Å². The van der Waals surface area contributed by atoms with Gasteiger partial charge in [-0.1, -0.05) is 67.6 Å². The number of hydrogen-bond donors (Lipinski definition) is 1. The summed E-state index contributed by atoms with van der Waals surface area (Å²) in [6, 6.07) is 20.0. The quantitative estimate of drug-likeness (QED) is 0.914. The molecule has 3 rings (SSSR count). The predicted octanol–water partition coefficient (Wildman–Crippen LogP) is 3.90. The van der Waals surface area contributed by atoms with Crippen molar-refractivity contribution in [2.45, 2.75) is 18.8 Å². The third-order valence-electron chi connectivity index (χ3n) is 4.56. The van der Waals surface area contributed by atoms with E-state index in [4.69, 9.17) is 0 Å². The van der Waals surface area contributed by atoms with E-state index in [1.807, 2.05) is 60.7 Å². The minimum atomic E-state index is -0.689. The molecule has 20 heavy (non-hydrogen) atoms. The Hall–Kier alpha value is -2.09. The number of aliphatic carboxylic acids is 1. The monoisotopic (exact) mass is 266 g/mol. The molecule has 102 valence electrons. The number of carboxylic acid groups (broad SMARTS) is 1. The van der Waals surface area contributed by atoms with Gasteiger partial charge in [-0.3, -0.25) is 4.79 Å². The SMILES string of the molecule is C[C@H]1[C@@H](c2ccccc2)[C@@H](C(=O)O)[C@@H]1c1ccccc1. The van der Waals surface area contributed by atoms with Crippen molar-refractivity contribution in [3.05, 3.63) is 71.8 Å². The molecule has 2 aromatic carbocycles. The standard InChI is InChI=1S/C18H18O2/c1-12-15(13-8-4-2-5-9-13)17(18(19)20)16(12)14-10-6-3-7-11-14/h2-12,15-17H,1H3,(H,19,20)/t12-,15-,16-,17+/m0/s1. The smallest absolute Gasteiger partial charge is 0.307 e. The van der Waals surface area contributed by atoms with Crippen molar-refractivity contribution in [3.63, 3.8) is 0 Å². The highest BCUT2D eigenvalue weighted by Gasteiger charge is 2.52. The Morgan fingerprint density at radius 2 is 1.25 bits per heavy atom. The van der Waals surface area contributed by atoms with Crippen LogP contribution in [0.2, 0.25) is 0 Å². The number of hydrogen-bond acceptors (Lipinski definition) is 1. The topological polar surface area (TPSA) is 37.3 Å². The lowest BCUT2D eigenvalue weighted by atomic mass is 9.53. The van der Waals surface area contributed by atoms with Gasteiger partial charge in [-0.25, -0.2) is 0 Å². The molecule has 2 heteroatoms. The molecular weight excluding hydrogens is 248 g/mol. The third kappa shape index (κ3) is 2.01.